The third-order valence-electron chi connectivity index (χ3n) is 2.81. The van der Waals surface area contributed by atoms with Crippen LogP contribution in [0.4, 0.5) is 5.69 Å². The van der Waals surface area contributed by atoms with Crippen molar-refractivity contribution in [2.45, 2.75) is 6.42 Å². The summed E-state index contributed by atoms with van der Waals surface area (Å²) in [5.41, 5.74) is 2.28. The van der Waals surface area contributed by atoms with E-state index in [2.05, 4.69) is 15.0 Å². The van der Waals surface area contributed by atoms with Crippen molar-refractivity contribution in [3.8, 4) is 0 Å². The van der Waals surface area contributed by atoms with E-state index in [4.69, 9.17) is 0 Å². The van der Waals surface area contributed by atoms with E-state index in [0.717, 1.165) is 17.7 Å². The van der Waals surface area contributed by atoms with Gasteiger partial charge in [-0.25, -0.2) is 9.97 Å². The largest absolute Gasteiger partial charge is 0.307 e. The van der Waals surface area contributed by atoms with Gasteiger partial charge in [-0.15, -0.1) is 0 Å². The number of hydrogen-bond donors (Lipinski definition) is 0. The molecule has 0 radical (unpaired) electrons. The van der Waals surface area contributed by atoms with E-state index in [9.17, 15) is 4.79 Å². The van der Waals surface area contributed by atoms with Gasteiger partial charge in [0.15, 0.2) is 0 Å². The van der Waals surface area contributed by atoms with Gasteiger partial charge in [0.1, 0.15) is 12.0 Å². The Morgan fingerprint density at radius 3 is 2.82 bits per heavy atom. The minimum atomic E-state index is -0.0696. The van der Waals surface area contributed by atoms with Gasteiger partial charge in [0, 0.05) is 36.4 Å². The molecule has 0 N–H and O–H groups in total. The number of amides is 1. The molecule has 84 valence electrons. The van der Waals surface area contributed by atoms with Crippen LogP contribution in [0, 0.1) is 0 Å². The predicted octanol–water partition coefficient (Wildman–Crippen LogP) is 1.07. The third kappa shape index (κ3) is 1.65. The summed E-state index contributed by atoms with van der Waals surface area (Å²) in [6.45, 7) is 0.656. The van der Waals surface area contributed by atoms with Gasteiger partial charge in [0.2, 0.25) is 0 Å². The third-order valence-corrected chi connectivity index (χ3v) is 2.81. The lowest BCUT2D eigenvalue weighted by Crippen LogP contribution is -2.38. The molecule has 2 aromatic rings. The minimum absolute atomic E-state index is 0.0696. The van der Waals surface area contributed by atoms with Crippen LogP contribution < -0.4 is 4.90 Å². The molecule has 1 amide bonds. The van der Waals surface area contributed by atoms with Crippen molar-refractivity contribution >= 4 is 11.6 Å². The van der Waals surface area contributed by atoms with Crippen LogP contribution in [-0.4, -0.2) is 27.4 Å². The van der Waals surface area contributed by atoms with Crippen molar-refractivity contribution in [3.63, 3.8) is 0 Å². The van der Waals surface area contributed by atoms with Crippen LogP contribution in [0.25, 0.3) is 0 Å². The summed E-state index contributed by atoms with van der Waals surface area (Å²) < 4.78 is 0. The lowest BCUT2D eigenvalue weighted by molar-refractivity contribution is 0.0975. The van der Waals surface area contributed by atoms with Gasteiger partial charge in [-0.05, 0) is 18.6 Å². The Morgan fingerprint density at radius 2 is 2.00 bits per heavy atom. The summed E-state index contributed by atoms with van der Waals surface area (Å²) in [6, 6.07) is 3.65. The average molecular weight is 226 g/mol. The normalized spacial score (nSPS) is 14.6. The van der Waals surface area contributed by atoms with Gasteiger partial charge in [0.05, 0.1) is 0 Å². The number of anilines is 1. The fourth-order valence-corrected chi connectivity index (χ4v) is 1.97. The molecule has 0 saturated heterocycles. The van der Waals surface area contributed by atoms with Gasteiger partial charge in [0.25, 0.3) is 5.91 Å². The monoisotopic (exact) mass is 226 g/mol. The van der Waals surface area contributed by atoms with Gasteiger partial charge in [-0.3, -0.25) is 9.78 Å². The molecule has 0 aliphatic carbocycles. The van der Waals surface area contributed by atoms with Crippen molar-refractivity contribution in [1.82, 2.24) is 15.0 Å². The van der Waals surface area contributed by atoms with E-state index in [1.807, 2.05) is 12.1 Å². The number of pyridine rings is 1. The number of carbonyl (C=O) groups is 1. The molecular weight excluding hydrogens is 216 g/mol. The zero-order chi connectivity index (χ0) is 11.7. The van der Waals surface area contributed by atoms with Crippen LogP contribution in [0.3, 0.4) is 0 Å². The first-order chi connectivity index (χ1) is 8.36. The van der Waals surface area contributed by atoms with E-state index in [-0.39, 0.29) is 5.91 Å². The van der Waals surface area contributed by atoms with E-state index < -0.39 is 0 Å². The maximum Gasteiger partial charge on any atom is 0.277 e. The minimum Gasteiger partial charge on any atom is -0.307 e. The number of nitrogens with zero attached hydrogens (tertiary/aromatic N) is 4. The number of hydrogen-bond acceptors (Lipinski definition) is 4. The molecule has 0 aromatic carbocycles. The Morgan fingerprint density at radius 1 is 1.18 bits per heavy atom. The Labute approximate surface area is 98.2 Å². The van der Waals surface area contributed by atoms with Crippen LogP contribution in [0.1, 0.15) is 16.1 Å². The summed E-state index contributed by atoms with van der Waals surface area (Å²) in [5, 5.41) is 0. The van der Waals surface area contributed by atoms with Crippen molar-refractivity contribution in [1.29, 1.82) is 0 Å². The second-order valence-corrected chi connectivity index (χ2v) is 3.81. The van der Waals surface area contributed by atoms with E-state index in [1.54, 1.807) is 23.5 Å². The van der Waals surface area contributed by atoms with Crippen molar-refractivity contribution in [3.05, 3.63) is 48.3 Å². The molecule has 0 fully saturated rings. The molecule has 17 heavy (non-hydrogen) atoms. The quantitative estimate of drug-likeness (QED) is 0.730. The fourth-order valence-electron chi connectivity index (χ4n) is 1.97. The second-order valence-electron chi connectivity index (χ2n) is 3.81. The molecule has 0 atom stereocenters. The summed E-state index contributed by atoms with van der Waals surface area (Å²) >= 11 is 0. The molecular formula is C12H10N4O. The van der Waals surface area contributed by atoms with E-state index >= 15 is 0 Å². The lowest BCUT2D eigenvalue weighted by atomic mass is 10.1. The van der Waals surface area contributed by atoms with Crippen LogP contribution in [0.15, 0.2) is 37.1 Å². The molecule has 0 saturated carbocycles. The standard InChI is InChI=1S/C12H10N4O/c17-12-11-9(7-14-8-15-11)3-6-16(12)10-1-4-13-5-2-10/h1-2,4-5,7-8H,3,6H2. The summed E-state index contributed by atoms with van der Waals surface area (Å²) in [5.74, 6) is -0.0696. The number of carbonyl (C=O) groups excluding carboxylic acids is 1. The molecule has 1 aliphatic heterocycles. The molecule has 5 nitrogen and oxygen atoms in total. The van der Waals surface area contributed by atoms with Crippen molar-refractivity contribution in [2.75, 3.05) is 11.4 Å². The maximum absolute atomic E-state index is 12.2. The summed E-state index contributed by atoms with van der Waals surface area (Å²) in [4.78, 5) is 25.9. The fraction of sp³-hybridized carbons (Fsp3) is 0.167. The first-order valence-corrected chi connectivity index (χ1v) is 5.37. The highest BCUT2D eigenvalue weighted by Gasteiger charge is 2.26. The molecule has 0 spiro atoms. The van der Waals surface area contributed by atoms with Crippen molar-refractivity contribution < 1.29 is 4.79 Å². The zero-order valence-corrected chi connectivity index (χ0v) is 9.08. The van der Waals surface area contributed by atoms with Crippen LogP contribution >= 0.6 is 0 Å². The summed E-state index contributed by atoms with van der Waals surface area (Å²) in [7, 11) is 0. The first-order valence-electron chi connectivity index (χ1n) is 5.37. The first kappa shape index (κ1) is 9.89. The van der Waals surface area contributed by atoms with Crippen LogP contribution in [0.5, 0.6) is 0 Å². The summed E-state index contributed by atoms with van der Waals surface area (Å²) in [6.07, 6.45) is 7.26. The molecule has 0 unspecified atom stereocenters. The van der Waals surface area contributed by atoms with Gasteiger partial charge < -0.3 is 4.90 Å². The van der Waals surface area contributed by atoms with Gasteiger partial charge >= 0.3 is 0 Å². The van der Waals surface area contributed by atoms with Gasteiger partial charge in [-0.1, -0.05) is 0 Å². The lowest BCUT2D eigenvalue weighted by Gasteiger charge is -2.27. The Hall–Kier alpha value is -2.30. The zero-order valence-electron chi connectivity index (χ0n) is 9.08. The second kappa shape index (κ2) is 3.93. The number of rotatable bonds is 1. The highest BCUT2D eigenvalue weighted by Crippen LogP contribution is 2.21. The van der Waals surface area contributed by atoms with E-state index in [1.165, 1.54) is 6.33 Å². The topological polar surface area (TPSA) is 59.0 Å². The Balaban J connectivity index is 2.00. The SMILES string of the molecule is O=C1c2ncncc2CCN1c1ccncc1. The van der Waals surface area contributed by atoms with E-state index in [0.29, 0.717) is 12.2 Å². The number of fused-ring (bicyclic) bond motifs is 1. The highest BCUT2D eigenvalue weighted by atomic mass is 16.2. The molecule has 3 rings (SSSR count). The molecule has 2 aromatic heterocycles. The molecule has 5 heteroatoms. The van der Waals surface area contributed by atoms with Crippen LogP contribution in [-0.2, 0) is 6.42 Å². The molecule has 0 bridgehead atoms. The molecule has 3 heterocycles. The number of aromatic nitrogens is 3. The smallest absolute Gasteiger partial charge is 0.277 e. The Kier molecular flexibility index (Phi) is 2.29. The Bertz CT molecular complexity index is 555. The maximum atomic E-state index is 12.2. The molecule has 1 aliphatic rings. The van der Waals surface area contributed by atoms with Gasteiger partial charge in [-0.2, -0.15) is 0 Å². The highest BCUT2D eigenvalue weighted by molar-refractivity contribution is 6.06. The predicted molar refractivity (Wildman–Crippen MR) is 61.6 cm³/mol. The van der Waals surface area contributed by atoms with Crippen molar-refractivity contribution in [2.24, 2.45) is 0 Å². The van der Waals surface area contributed by atoms with Crippen LogP contribution in [0.2, 0.25) is 0 Å². The average Bonchev–Trinajstić information content (AvgIpc) is 2.40.